The molecule has 0 saturated heterocycles. The largest absolute Gasteiger partial charge is 0.348 e. The Balaban J connectivity index is 2.19. The summed E-state index contributed by atoms with van der Waals surface area (Å²) >= 11 is 0. The van der Waals surface area contributed by atoms with Crippen LogP contribution in [0.15, 0.2) is 18.2 Å². The lowest BCUT2D eigenvalue weighted by molar-refractivity contribution is -0.384. The highest BCUT2D eigenvalue weighted by molar-refractivity contribution is 5.95. The number of nitro benzene ring substituents is 1. The minimum atomic E-state index is -0.820. The third-order valence-corrected chi connectivity index (χ3v) is 3.40. The number of hydrogen-bond donors (Lipinski definition) is 1. The molecule has 1 fully saturated rings. The zero-order valence-electron chi connectivity index (χ0n) is 10.5. The maximum atomic E-state index is 13.6. The Morgan fingerprint density at radius 1 is 1.50 bits per heavy atom. The molecular weight excluding hydrogens is 265 g/mol. The van der Waals surface area contributed by atoms with Crippen molar-refractivity contribution < 1.29 is 14.1 Å². The van der Waals surface area contributed by atoms with Gasteiger partial charge in [0.2, 0.25) is 0 Å². The first-order valence-electron chi connectivity index (χ1n) is 6.17. The molecule has 2 unspecified atom stereocenters. The number of halogens is 1. The number of benzene rings is 1. The minimum absolute atomic E-state index is 0.291. The molecule has 2 atom stereocenters. The second kappa shape index (κ2) is 5.65. The first kappa shape index (κ1) is 13.9. The van der Waals surface area contributed by atoms with Gasteiger partial charge in [-0.1, -0.05) is 0 Å². The summed E-state index contributed by atoms with van der Waals surface area (Å²) in [7, 11) is 0. The van der Waals surface area contributed by atoms with Gasteiger partial charge in [0, 0.05) is 18.2 Å². The van der Waals surface area contributed by atoms with E-state index in [1.807, 2.05) is 0 Å². The molecule has 1 aliphatic carbocycles. The van der Waals surface area contributed by atoms with Gasteiger partial charge in [-0.15, -0.1) is 0 Å². The van der Waals surface area contributed by atoms with Gasteiger partial charge in [-0.3, -0.25) is 14.9 Å². The molecule has 20 heavy (non-hydrogen) atoms. The molecule has 0 heterocycles. The molecule has 1 aromatic rings. The molecule has 0 spiro atoms. The number of rotatable bonds is 3. The van der Waals surface area contributed by atoms with Crippen molar-refractivity contribution in [2.24, 2.45) is 5.92 Å². The Bertz CT molecular complexity index is 597. The molecule has 1 aliphatic rings. The lowest BCUT2D eigenvalue weighted by Gasteiger charge is -2.15. The molecule has 1 aromatic carbocycles. The maximum Gasteiger partial charge on any atom is 0.270 e. The normalized spacial score (nSPS) is 21.2. The predicted molar refractivity (Wildman–Crippen MR) is 67.3 cm³/mol. The quantitative estimate of drug-likeness (QED) is 0.676. The van der Waals surface area contributed by atoms with Crippen LogP contribution >= 0.6 is 0 Å². The number of nitrogens with zero attached hydrogens (tertiary/aromatic N) is 2. The summed E-state index contributed by atoms with van der Waals surface area (Å²) in [6, 6.07) is 4.57. The number of non-ortho nitro benzene ring substituents is 1. The van der Waals surface area contributed by atoms with E-state index in [2.05, 4.69) is 11.4 Å². The number of hydrogen-bond acceptors (Lipinski definition) is 4. The van der Waals surface area contributed by atoms with Crippen molar-refractivity contribution in [1.29, 1.82) is 5.26 Å². The van der Waals surface area contributed by atoms with Crippen molar-refractivity contribution in [2.75, 3.05) is 0 Å². The number of carbonyl (C=O) groups excluding carboxylic acids is 1. The number of amides is 1. The van der Waals surface area contributed by atoms with Crippen LogP contribution in [0.2, 0.25) is 0 Å². The average Bonchev–Trinajstić information content (AvgIpc) is 2.86. The lowest BCUT2D eigenvalue weighted by Crippen LogP contribution is -2.37. The van der Waals surface area contributed by atoms with Gasteiger partial charge in [-0.25, -0.2) is 4.39 Å². The van der Waals surface area contributed by atoms with Crippen LogP contribution in [0.25, 0.3) is 0 Å². The van der Waals surface area contributed by atoms with Crippen LogP contribution in [0.1, 0.15) is 29.6 Å². The van der Waals surface area contributed by atoms with E-state index in [4.69, 9.17) is 5.26 Å². The molecule has 2 rings (SSSR count). The molecular formula is C13H12FN3O3. The molecule has 0 aromatic heterocycles. The molecule has 0 bridgehead atoms. The first-order valence-corrected chi connectivity index (χ1v) is 6.17. The molecule has 1 amide bonds. The fraction of sp³-hybridized carbons (Fsp3) is 0.385. The van der Waals surface area contributed by atoms with Crippen molar-refractivity contribution in [2.45, 2.75) is 25.3 Å². The molecule has 1 saturated carbocycles. The van der Waals surface area contributed by atoms with E-state index in [0.29, 0.717) is 12.8 Å². The SMILES string of the molecule is N#CC1CCCC1NC(=O)c1cc([N+](=O)[O-])ccc1F. The van der Waals surface area contributed by atoms with Crippen LogP contribution in [0.5, 0.6) is 0 Å². The molecule has 0 aliphatic heterocycles. The summed E-state index contributed by atoms with van der Waals surface area (Å²) in [5, 5.41) is 22.1. The summed E-state index contributed by atoms with van der Waals surface area (Å²) in [6.07, 6.45) is 2.17. The zero-order chi connectivity index (χ0) is 14.7. The molecule has 6 nitrogen and oxygen atoms in total. The van der Waals surface area contributed by atoms with Crippen LogP contribution in [-0.2, 0) is 0 Å². The number of nitriles is 1. The van der Waals surface area contributed by atoms with Gasteiger partial charge in [0.05, 0.1) is 22.5 Å². The van der Waals surface area contributed by atoms with Gasteiger partial charge in [0.25, 0.3) is 11.6 Å². The fourth-order valence-corrected chi connectivity index (χ4v) is 2.33. The maximum absolute atomic E-state index is 13.6. The number of nitrogens with one attached hydrogen (secondary N) is 1. The third-order valence-electron chi connectivity index (χ3n) is 3.40. The van der Waals surface area contributed by atoms with Crippen LogP contribution in [0.3, 0.4) is 0 Å². The summed E-state index contributed by atoms with van der Waals surface area (Å²) in [5.74, 6) is -1.83. The monoisotopic (exact) mass is 277 g/mol. The van der Waals surface area contributed by atoms with E-state index >= 15 is 0 Å². The highest BCUT2D eigenvalue weighted by Gasteiger charge is 2.29. The minimum Gasteiger partial charge on any atom is -0.348 e. The van der Waals surface area contributed by atoms with Crippen LogP contribution in [0.4, 0.5) is 10.1 Å². The Morgan fingerprint density at radius 3 is 2.90 bits per heavy atom. The molecule has 1 N–H and O–H groups in total. The van der Waals surface area contributed by atoms with Gasteiger partial charge in [-0.2, -0.15) is 5.26 Å². The van der Waals surface area contributed by atoms with Gasteiger partial charge in [0.1, 0.15) is 5.82 Å². The standard InChI is InChI=1S/C13H12FN3O3/c14-11-5-4-9(17(19)20)6-10(11)13(18)16-12-3-1-2-8(12)7-15/h4-6,8,12H,1-3H2,(H,16,18). The lowest BCUT2D eigenvalue weighted by atomic mass is 10.0. The number of carbonyl (C=O) groups is 1. The van der Waals surface area contributed by atoms with Crippen molar-refractivity contribution >= 4 is 11.6 Å². The average molecular weight is 277 g/mol. The van der Waals surface area contributed by atoms with Gasteiger partial charge < -0.3 is 5.32 Å². The van der Waals surface area contributed by atoms with E-state index < -0.39 is 16.6 Å². The molecule has 7 heteroatoms. The van der Waals surface area contributed by atoms with Crippen molar-refractivity contribution in [3.8, 4) is 6.07 Å². The highest BCUT2D eigenvalue weighted by Crippen LogP contribution is 2.25. The van der Waals surface area contributed by atoms with Crippen LogP contribution in [-0.4, -0.2) is 16.9 Å². The first-order chi connectivity index (χ1) is 9.52. The fourth-order valence-electron chi connectivity index (χ4n) is 2.33. The third kappa shape index (κ3) is 2.74. The Labute approximate surface area is 114 Å². The van der Waals surface area contributed by atoms with Crippen molar-refractivity contribution in [3.05, 3.63) is 39.7 Å². The topological polar surface area (TPSA) is 96.0 Å². The van der Waals surface area contributed by atoms with Gasteiger partial charge in [-0.05, 0) is 25.3 Å². The van der Waals surface area contributed by atoms with Crippen LogP contribution < -0.4 is 5.32 Å². The Kier molecular flexibility index (Phi) is 3.94. The summed E-state index contributed by atoms with van der Waals surface area (Å²) < 4.78 is 13.6. The second-order valence-corrected chi connectivity index (χ2v) is 4.67. The van der Waals surface area contributed by atoms with E-state index in [9.17, 15) is 19.3 Å². The Morgan fingerprint density at radius 2 is 2.25 bits per heavy atom. The van der Waals surface area contributed by atoms with Crippen LogP contribution in [0, 0.1) is 33.2 Å². The van der Waals surface area contributed by atoms with Gasteiger partial charge in [0.15, 0.2) is 0 Å². The summed E-state index contributed by atoms with van der Waals surface area (Å²) in [6.45, 7) is 0. The van der Waals surface area contributed by atoms with E-state index in [1.165, 1.54) is 0 Å². The van der Waals surface area contributed by atoms with E-state index in [1.54, 1.807) is 0 Å². The molecule has 104 valence electrons. The molecule has 0 radical (unpaired) electrons. The summed E-state index contributed by atoms with van der Waals surface area (Å²) in [5.41, 5.74) is -0.720. The van der Waals surface area contributed by atoms with Gasteiger partial charge >= 0.3 is 0 Å². The Hall–Kier alpha value is -2.49. The number of nitro groups is 1. The predicted octanol–water partition coefficient (Wildman–Crippen LogP) is 2.16. The van der Waals surface area contributed by atoms with E-state index in [0.717, 1.165) is 24.6 Å². The second-order valence-electron chi connectivity index (χ2n) is 4.67. The van der Waals surface area contributed by atoms with Crippen molar-refractivity contribution in [1.82, 2.24) is 5.32 Å². The smallest absolute Gasteiger partial charge is 0.270 e. The summed E-state index contributed by atoms with van der Waals surface area (Å²) in [4.78, 5) is 21.9. The zero-order valence-corrected chi connectivity index (χ0v) is 10.5. The van der Waals surface area contributed by atoms with E-state index in [-0.39, 0.29) is 23.2 Å². The van der Waals surface area contributed by atoms with Crippen molar-refractivity contribution in [3.63, 3.8) is 0 Å². The highest BCUT2D eigenvalue weighted by atomic mass is 19.1.